The summed E-state index contributed by atoms with van der Waals surface area (Å²) in [4.78, 5) is 2.25. The molecule has 2 heterocycles. The van der Waals surface area contributed by atoms with E-state index < -0.39 is 0 Å². The van der Waals surface area contributed by atoms with Crippen LogP contribution in [0, 0.1) is 6.92 Å². The van der Waals surface area contributed by atoms with Gasteiger partial charge in [-0.1, -0.05) is 5.16 Å². The lowest BCUT2D eigenvalue weighted by atomic mass is 10.1. The molecular weight excluding hydrogens is 154 g/mol. The highest BCUT2D eigenvalue weighted by Gasteiger charge is 2.23. The van der Waals surface area contributed by atoms with E-state index in [2.05, 4.69) is 10.1 Å². The van der Waals surface area contributed by atoms with Crippen LogP contribution in [0.15, 0.2) is 10.6 Å². The molecule has 1 saturated heterocycles. The van der Waals surface area contributed by atoms with Crippen LogP contribution < -0.4 is 5.73 Å². The third-order valence-corrected chi connectivity index (χ3v) is 2.05. The van der Waals surface area contributed by atoms with Gasteiger partial charge in [-0.3, -0.25) is 4.90 Å². The second-order valence-corrected chi connectivity index (χ2v) is 3.38. The van der Waals surface area contributed by atoms with E-state index in [-0.39, 0.29) is 0 Å². The molecule has 1 aromatic heterocycles. The number of likely N-dealkylation sites (tertiary alicyclic amines) is 1. The number of hydrogen-bond donors (Lipinski definition) is 1. The lowest BCUT2D eigenvalue weighted by Crippen LogP contribution is -2.54. The molecule has 0 atom stereocenters. The number of nitrogens with zero attached hydrogens (tertiary/aromatic N) is 2. The summed E-state index contributed by atoms with van der Waals surface area (Å²) in [7, 11) is 0. The molecule has 1 aliphatic heterocycles. The first-order valence-corrected chi connectivity index (χ1v) is 4.14. The largest absolute Gasteiger partial charge is 0.361 e. The van der Waals surface area contributed by atoms with Crippen molar-refractivity contribution in [1.82, 2.24) is 10.1 Å². The topological polar surface area (TPSA) is 55.3 Å². The van der Waals surface area contributed by atoms with Crippen molar-refractivity contribution in [3.05, 3.63) is 17.5 Å². The third kappa shape index (κ3) is 1.49. The zero-order valence-electron chi connectivity index (χ0n) is 7.16. The number of rotatable bonds is 2. The maximum Gasteiger partial charge on any atom is 0.133 e. The Hall–Kier alpha value is -0.870. The second kappa shape index (κ2) is 2.88. The van der Waals surface area contributed by atoms with Crippen molar-refractivity contribution < 1.29 is 4.52 Å². The molecule has 0 radical (unpaired) electrons. The van der Waals surface area contributed by atoms with E-state index in [1.54, 1.807) is 0 Å². The van der Waals surface area contributed by atoms with Gasteiger partial charge in [0, 0.05) is 31.7 Å². The van der Waals surface area contributed by atoms with Crippen molar-refractivity contribution in [3.63, 3.8) is 0 Å². The zero-order valence-corrected chi connectivity index (χ0v) is 7.16. The van der Waals surface area contributed by atoms with Gasteiger partial charge in [0.2, 0.25) is 0 Å². The van der Waals surface area contributed by atoms with Crippen LogP contribution in [0.2, 0.25) is 0 Å². The summed E-state index contributed by atoms with van der Waals surface area (Å²) in [5.74, 6) is 0.870. The molecule has 2 N–H and O–H groups in total. The minimum Gasteiger partial charge on any atom is -0.361 e. The Morgan fingerprint density at radius 2 is 2.50 bits per heavy atom. The number of aromatic nitrogens is 1. The first-order chi connectivity index (χ1) is 5.74. The van der Waals surface area contributed by atoms with Crippen LogP contribution >= 0.6 is 0 Å². The molecule has 0 spiro atoms. The first kappa shape index (κ1) is 7.76. The van der Waals surface area contributed by atoms with Gasteiger partial charge in [-0.2, -0.15) is 0 Å². The van der Waals surface area contributed by atoms with Crippen LogP contribution in [0.25, 0.3) is 0 Å². The van der Waals surface area contributed by atoms with Gasteiger partial charge in [-0.15, -0.1) is 0 Å². The van der Waals surface area contributed by atoms with Crippen molar-refractivity contribution in [2.24, 2.45) is 5.73 Å². The molecule has 12 heavy (non-hydrogen) atoms. The molecule has 0 saturated carbocycles. The highest BCUT2D eigenvalue weighted by molar-refractivity contribution is 5.04. The van der Waals surface area contributed by atoms with Gasteiger partial charge in [-0.25, -0.2) is 0 Å². The van der Waals surface area contributed by atoms with Gasteiger partial charge in [0.1, 0.15) is 5.76 Å². The molecule has 66 valence electrons. The van der Waals surface area contributed by atoms with Gasteiger partial charge in [0.25, 0.3) is 0 Å². The normalized spacial score (nSPS) is 19.5. The maximum absolute atomic E-state index is 5.64. The van der Waals surface area contributed by atoms with Crippen LogP contribution in [0.3, 0.4) is 0 Å². The van der Waals surface area contributed by atoms with Gasteiger partial charge in [-0.05, 0) is 6.92 Å². The Bertz CT molecular complexity index is 265. The Labute approximate surface area is 71.3 Å². The monoisotopic (exact) mass is 167 g/mol. The van der Waals surface area contributed by atoms with E-state index in [9.17, 15) is 0 Å². The number of hydrogen-bond acceptors (Lipinski definition) is 4. The summed E-state index contributed by atoms with van der Waals surface area (Å²) in [5, 5.41) is 3.91. The lowest BCUT2D eigenvalue weighted by Gasteiger charge is -2.35. The van der Waals surface area contributed by atoms with Gasteiger partial charge >= 0.3 is 0 Å². The minimum absolute atomic E-state index is 0.359. The molecule has 0 amide bonds. The predicted molar refractivity (Wildman–Crippen MR) is 44.5 cm³/mol. The SMILES string of the molecule is Cc1cc(CN2CC(N)C2)no1. The third-order valence-electron chi connectivity index (χ3n) is 2.05. The zero-order chi connectivity index (χ0) is 8.55. The highest BCUT2D eigenvalue weighted by atomic mass is 16.5. The smallest absolute Gasteiger partial charge is 0.133 e. The Balaban J connectivity index is 1.88. The van der Waals surface area contributed by atoms with E-state index in [1.807, 2.05) is 13.0 Å². The fraction of sp³-hybridized carbons (Fsp3) is 0.625. The average molecular weight is 167 g/mol. The number of nitrogens with two attached hydrogens (primary N) is 1. The van der Waals surface area contributed by atoms with Gasteiger partial charge in [0.05, 0.1) is 5.69 Å². The van der Waals surface area contributed by atoms with Crippen molar-refractivity contribution in [2.75, 3.05) is 13.1 Å². The maximum atomic E-state index is 5.64. The summed E-state index contributed by atoms with van der Waals surface area (Å²) in [6, 6.07) is 2.32. The van der Waals surface area contributed by atoms with Crippen molar-refractivity contribution in [2.45, 2.75) is 19.5 Å². The summed E-state index contributed by atoms with van der Waals surface area (Å²) in [5.41, 5.74) is 6.64. The Morgan fingerprint density at radius 1 is 1.75 bits per heavy atom. The van der Waals surface area contributed by atoms with Crippen LogP contribution in [0.5, 0.6) is 0 Å². The van der Waals surface area contributed by atoms with Crippen LogP contribution in [0.1, 0.15) is 11.5 Å². The second-order valence-electron chi connectivity index (χ2n) is 3.38. The molecule has 0 unspecified atom stereocenters. The average Bonchev–Trinajstić information content (AvgIpc) is 2.33. The van der Waals surface area contributed by atoms with Gasteiger partial charge < -0.3 is 10.3 Å². The molecule has 1 fully saturated rings. The lowest BCUT2D eigenvalue weighted by molar-refractivity contribution is 0.138. The fourth-order valence-corrected chi connectivity index (χ4v) is 1.46. The van der Waals surface area contributed by atoms with E-state index in [1.165, 1.54) is 0 Å². The van der Waals surface area contributed by atoms with E-state index in [4.69, 9.17) is 10.3 Å². The summed E-state index contributed by atoms with van der Waals surface area (Å²) in [6.45, 7) is 4.72. The molecule has 1 aromatic rings. The Morgan fingerprint density at radius 3 is 3.00 bits per heavy atom. The van der Waals surface area contributed by atoms with E-state index in [0.29, 0.717) is 6.04 Å². The number of aryl methyl sites for hydroxylation is 1. The molecule has 1 aliphatic rings. The standard InChI is InChI=1S/C8H13N3O/c1-6-2-8(10-12-6)5-11-3-7(9)4-11/h2,7H,3-5,9H2,1H3. The predicted octanol–water partition coefficient (Wildman–Crippen LogP) is 0.126. The summed E-state index contributed by atoms with van der Waals surface area (Å²) >= 11 is 0. The van der Waals surface area contributed by atoms with E-state index >= 15 is 0 Å². The molecule has 4 heteroatoms. The van der Waals surface area contributed by atoms with Crippen LogP contribution in [-0.2, 0) is 6.54 Å². The summed E-state index contributed by atoms with van der Waals surface area (Å²) < 4.78 is 4.95. The molecule has 0 bridgehead atoms. The van der Waals surface area contributed by atoms with E-state index in [0.717, 1.165) is 31.1 Å². The molecule has 4 nitrogen and oxygen atoms in total. The van der Waals surface area contributed by atoms with Crippen molar-refractivity contribution in [3.8, 4) is 0 Å². The van der Waals surface area contributed by atoms with Crippen LogP contribution in [0.4, 0.5) is 0 Å². The molecule has 2 rings (SSSR count). The van der Waals surface area contributed by atoms with Gasteiger partial charge in [0.15, 0.2) is 0 Å². The fourth-order valence-electron chi connectivity index (χ4n) is 1.46. The van der Waals surface area contributed by atoms with Crippen LogP contribution in [-0.4, -0.2) is 29.2 Å². The molecule has 0 aliphatic carbocycles. The Kier molecular flexibility index (Phi) is 1.86. The summed E-state index contributed by atoms with van der Waals surface area (Å²) in [6.07, 6.45) is 0. The minimum atomic E-state index is 0.359. The quantitative estimate of drug-likeness (QED) is 0.680. The van der Waals surface area contributed by atoms with Crippen molar-refractivity contribution >= 4 is 0 Å². The highest BCUT2D eigenvalue weighted by Crippen LogP contribution is 2.11. The molecular formula is C8H13N3O. The molecule has 0 aromatic carbocycles. The van der Waals surface area contributed by atoms with Crippen molar-refractivity contribution in [1.29, 1.82) is 0 Å². The first-order valence-electron chi connectivity index (χ1n) is 4.14.